The molecule has 3 heteroatoms. The molecule has 1 aromatic heterocycles. The Hall–Kier alpha value is -1.74. The summed E-state index contributed by atoms with van der Waals surface area (Å²) >= 11 is 0. The Labute approximate surface area is 107 Å². The van der Waals surface area contributed by atoms with Gasteiger partial charge in [-0.2, -0.15) is 0 Å². The van der Waals surface area contributed by atoms with E-state index in [2.05, 4.69) is 17.2 Å². The second-order valence-electron chi connectivity index (χ2n) is 4.46. The van der Waals surface area contributed by atoms with Gasteiger partial charge in [-0.05, 0) is 55.3 Å². The minimum atomic E-state index is -0.170. The minimum absolute atomic E-state index is 0.0398. The van der Waals surface area contributed by atoms with E-state index < -0.39 is 0 Å². The lowest BCUT2D eigenvalue weighted by atomic mass is 9.96. The maximum atomic E-state index is 13.3. The van der Waals surface area contributed by atoms with Crippen LogP contribution < -0.4 is 5.32 Å². The third-order valence-corrected chi connectivity index (χ3v) is 3.19. The van der Waals surface area contributed by atoms with Crippen molar-refractivity contribution in [3.05, 3.63) is 64.7 Å². The van der Waals surface area contributed by atoms with Gasteiger partial charge in [-0.3, -0.25) is 4.98 Å². The lowest BCUT2D eigenvalue weighted by Gasteiger charge is -2.19. The molecule has 0 amide bonds. The second kappa shape index (κ2) is 5.27. The van der Waals surface area contributed by atoms with Gasteiger partial charge in [-0.25, -0.2) is 4.39 Å². The first kappa shape index (κ1) is 12.7. The molecule has 1 heterocycles. The Morgan fingerprint density at radius 1 is 1.17 bits per heavy atom. The monoisotopic (exact) mass is 244 g/mol. The van der Waals surface area contributed by atoms with Gasteiger partial charge in [0.15, 0.2) is 0 Å². The molecule has 1 atom stereocenters. The van der Waals surface area contributed by atoms with Gasteiger partial charge in [-0.15, -0.1) is 0 Å². The van der Waals surface area contributed by atoms with Crippen LogP contribution in [0.4, 0.5) is 4.39 Å². The minimum Gasteiger partial charge on any atom is -0.309 e. The predicted octanol–water partition coefficient (Wildman–Crippen LogP) is 3.15. The molecule has 0 aliphatic carbocycles. The molecule has 0 aliphatic rings. The fraction of sp³-hybridized carbons (Fsp3) is 0.267. The lowest BCUT2D eigenvalue weighted by Crippen LogP contribution is -2.19. The van der Waals surface area contributed by atoms with Crippen LogP contribution in [0.5, 0.6) is 0 Å². The Kier molecular flexibility index (Phi) is 3.72. The Morgan fingerprint density at radius 2 is 1.94 bits per heavy atom. The highest BCUT2D eigenvalue weighted by atomic mass is 19.1. The molecule has 0 spiro atoms. The number of aryl methyl sites for hydroxylation is 2. The molecule has 18 heavy (non-hydrogen) atoms. The van der Waals surface area contributed by atoms with Crippen molar-refractivity contribution in [1.29, 1.82) is 0 Å². The molecular formula is C15H17FN2. The van der Waals surface area contributed by atoms with Crippen LogP contribution in [0.25, 0.3) is 0 Å². The number of nitrogens with one attached hydrogen (secondary N) is 1. The van der Waals surface area contributed by atoms with Gasteiger partial charge in [0.2, 0.25) is 0 Å². The summed E-state index contributed by atoms with van der Waals surface area (Å²) in [6.45, 7) is 3.83. The highest BCUT2D eigenvalue weighted by molar-refractivity contribution is 5.36. The van der Waals surface area contributed by atoms with Gasteiger partial charge < -0.3 is 5.32 Å². The first-order valence-electron chi connectivity index (χ1n) is 5.97. The third kappa shape index (κ3) is 2.41. The molecule has 1 aromatic carbocycles. The van der Waals surface area contributed by atoms with Crippen molar-refractivity contribution in [2.75, 3.05) is 7.05 Å². The number of nitrogens with zero attached hydrogens (tertiary/aromatic N) is 1. The summed E-state index contributed by atoms with van der Waals surface area (Å²) in [4.78, 5) is 4.17. The van der Waals surface area contributed by atoms with Crippen LogP contribution in [0.3, 0.4) is 0 Å². The highest BCUT2D eigenvalue weighted by Gasteiger charge is 2.15. The van der Waals surface area contributed by atoms with Crippen LogP contribution in [0, 0.1) is 19.7 Å². The fourth-order valence-corrected chi connectivity index (χ4v) is 2.13. The third-order valence-electron chi connectivity index (χ3n) is 3.19. The standard InChI is InChI=1S/C15H17FN2/c1-10-6-7-18-9-13(10)15(17-3)12-4-5-14(16)11(2)8-12/h4-9,15,17H,1-3H3. The van der Waals surface area contributed by atoms with Crippen molar-refractivity contribution >= 4 is 0 Å². The molecule has 2 nitrogen and oxygen atoms in total. The van der Waals surface area contributed by atoms with Crippen molar-refractivity contribution in [1.82, 2.24) is 10.3 Å². The summed E-state index contributed by atoms with van der Waals surface area (Å²) in [5.41, 5.74) is 4.00. The normalized spacial score (nSPS) is 12.4. The van der Waals surface area contributed by atoms with Crippen molar-refractivity contribution < 1.29 is 4.39 Å². The predicted molar refractivity (Wildman–Crippen MR) is 71.0 cm³/mol. The van der Waals surface area contributed by atoms with E-state index in [1.54, 1.807) is 13.1 Å². The number of benzene rings is 1. The number of halogens is 1. The van der Waals surface area contributed by atoms with Crippen LogP contribution in [0.15, 0.2) is 36.7 Å². The van der Waals surface area contributed by atoms with Gasteiger partial charge in [0.05, 0.1) is 6.04 Å². The summed E-state index contributed by atoms with van der Waals surface area (Å²) in [5, 5.41) is 3.26. The smallest absolute Gasteiger partial charge is 0.126 e. The first-order valence-corrected chi connectivity index (χ1v) is 5.97. The molecule has 0 saturated carbocycles. The van der Waals surface area contributed by atoms with Crippen LogP contribution in [0.2, 0.25) is 0 Å². The van der Waals surface area contributed by atoms with Crippen molar-refractivity contribution in [2.45, 2.75) is 19.9 Å². The average Bonchev–Trinajstić information content (AvgIpc) is 2.37. The van der Waals surface area contributed by atoms with Gasteiger partial charge >= 0.3 is 0 Å². The molecule has 2 rings (SSSR count). The van der Waals surface area contributed by atoms with E-state index in [0.717, 1.165) is 11.1 Å². The van der Waals surface area contributed by atoms with Crippen LogP contribution in [-0.4, -0.2) is 12.0 Å². The highest BCUT2D eigenvalue weighted by Crippen LogP contribution is 2.25. The summed E-state index contributed by atoms with van der Waals surface area (Å²) in [6, 6.07) is 7.23. The number of pyridine rings is 1. The molecule has 94 valence electrons. The van der Waals surface area contributed by atoms with E-state index >= 15 is 0 Å². The quantitative estimate of drug-likeness (QED) is 0.897. The van der Waals surface area contributed by atoms with Crippen LogP contribution in [0.1, 0.15) is 28.3 Å². The largest absolute Gasteiger partial charge is 0.309 e. The molecule has 0 bridgehead atoms. The fourth-order valence-electron chi connectivity index (χ4n) is 2.13. The number of hydrogen-bond acceptors (Lipinski definition) is 2. The zero-order valence-corrected chi connectivity index (χ0v) is 10.9. The molecule has 0 radical (unpaired) electrons. The Morgan fingerprint density at radius 3 is 2.56 bits per heavy atom. The SMILES string of the molecule is CNC(c1ccc(F)c(C)c1)c1cnccc1C. The number of hydrogen-bond donors (Lipinski definition) is 1. The Balaban J connectivity index is 2.45. The zero-order valence-electron chi connectivity index (χ0n) is 10.9. The first-order chi connectivity index (χ1) is 8.63. The van der Waals surface area contributed by atoms with Gasteiger partial charge in [0.25, 0.3) is 0 Å². The lowest BCUT2D eigenvalue weighted by molar-refractivity contribution is 0.613. The van der Waals surface area contributed by atoms with E-state index in [9.17, 15) is 4.39 Å². The topological polar surface area (TPSA) is 24.9 Å². The summed E-state index contributed by atoms with van der Waals surface area (Å²) in [6.07, 6.45) is 3.64. The van der Waals surface area contributed by atoms with Gasteiger partial charge in [0.1, 0.15) is 5.82 Å². The summed E-state index contributed by atoms with van der Waals surface area (Å²) in [7, 11) is 1.90. The van der Waals surface area contributed by atoms with Crippen LogP contribution >= 0.6 is 0 Å². The van der Waals surface area contributed by atoms with Gasteiger partial charge in [-0.1, -0.05) is 12.1 Å². The summed E-state index contributed by atoms with van der Waals surface area (Å²) < 4.78 is 13.3. The number of rotatable bonds is 3. The Bertz CT molecular complexity index is 552. The average molecular weight is 244 g/mol. The van der Waals surface area contributed by atoms with Crippen molar-refractivity contribution in [3.8, 4) is 0 Å². The van der Waals surface area contributed by atoms with Crippen LogP contribution in [-0.2, 0) is 0 Å². The molecule has 0 fully saturated rings. The zero-order chi connectivity index (χ0) is 13.1. The second-order valence-corrected chi connectivity index (χ2v) is 4.46. The molecule has 1 N–H and O–H groups in total. The maximum Gasteiger partial charge on any atom is 0.126 e. The van der Waals surface area contributed by atoms with E-state index in [1.165, 1.54) is 11.6 Å². The van der Waals surface area contributed by atoms with Crippen molar-refractivity contribution in [2.24, 2.45) is 0 Å². The van der Waals surface area contributed by atoms with E-state index in [-0.39, 0.29) is 11.9 Å². The van der Waals surface area contributed by atoms with Gasteiger partial charge in [0, 0.05) is 12.4 Å². The van der Waals surface area contributed by atoms with E-state index in [1.807, 2.05) is 31.4 Å². The molecule has 1 unspecified atom stereocenters. The summed E-state index contributed by atoms with van der Waals surface area (Å²) in [5.74, 6) is -0.170. The maximum absolute atomic E-state index is 13.3. The molecule has 0 saturated heterocycles. The van der Waals surface area contributed by atoms with E-state index in [4.69, 9.17) is 0 Å². The molecular weight excluding hydrogens is 227 g/mol. The molecule has 2 aromatic rings. The van der Waals surface area contributed by atoms with Crippen molar-refractivity contribution in [3.63, 3.8) is 0 Å². The van der Waals surface area contributed by atoms with E-state index in [0.29, 0.717) is 5.56 Å². The number of aromatic nitrogens is 1. The molecule has 0 aliphatic heterocycles.